The van der Waals surface area contributed by atoms with E-state index >= 15 is 0 Å². The molecule has 2 fully saturated rings. The smallest absolute Gasteiger partial charge is 0.229 e. The maximum atomic E-state index is 11.3. The maximum absolute atomic E-state index is 11.3. The molecule has 1 heterocycles. The lowest BCUT2D eigenvalue weighted by molar-refractivity contribution is -0.142. The van der Waals surface area contributed by atoms with E-state index in [-0.39, 0.29) is 18.4 Å². The molecule has 0 aromatic carbocycles. The first-order valence-electron chi connectivity index (χ1n) is 5.16. The molecule has 78 valence electrons. The summed E-state index contributed by atoms with van der Waals surface area (Å²) in [4.78, 5) is 23.8. The van der Waals surface area contributed by atoms with Crippen LogP contribution in [0.4, 0.5) is 0 Å². The molecule has 1 N–H and O–H groups in total. The summed E-state index contributed by atoms with van der Waals surface area (Å²) >= 11 is 0. The predicted octanol–water partition coefficient (Wildman–Crippen LogP) is 0.440. The highest BCUT2D eigenvalue weighted by Gasteiger charge is 2.39. The molecule has 0 unspecified atom stereocenters. The minimum absolute atomic E-state index is 0.129. The zero-order valence-corrected chi connectivity index (χ0v) is 8.16. The Bertz CT molecular complexity index is 253. The van der Waals surface area contributed by atoms with Crippen molar-refractivity contribution < 1.29 is 14.7 Å². The van der Waals surface area contributed by atoms with Crippen LogP contribution in [0, 0.1) is 0 Å². The van der Waals surface area contributed by atoms with Gasteiger partial charge >= 0.3 is 0 Å². The van der Waals surface area contributed by atoms with Crippen LogP contribution in [0.1, 0.15) is 38.5 Å². The van der Waals surface area contributed by atoms with Crippen LogP contribution < -0.4 is 0 Å². The topological polar surface area (TPSA) is 57.6 Å². The standard InChI is InChI=1S/C10H15NO3/c12-8-3-4-9(13)11(8)7-10(14)5-1-2-6-10/h14H,1-7H2. The van der Waals surface area contributed by atoms with Gasteiger partial charge in [-0.1, -0.05) is 12.8 Å². The van der Waals surface area contributed by atoms with Crippen molar-refractivity contribution in [3.05, 3.63) is 0 Å². The molecule has 1 saturated carbocycles. The van der Waals surface area contributed by atoms with Gasteiger partial charge in [0.05, 0.1) is 12.1 Å². The van der Waals surface area contributed by atoms with E-state index in [4.69, 9.17) is 0 Å². The highest BCUT2D eigenvalue weighted by molar-refractivity contribution is 6.01. The van der Waals surface area contributed by atoms with Gasteiger partial charge in [-0.15, -0.1) is 0 Å². The number of rotatable bonds is 2. The van der Waals surface area contributed by atoms with Gasteiger partial charge in [0, 0.05) is 12.8 Å². The lowest BCUT2D eigenvalue weighted by Crippen LogP contribution is -2.43. The van der Waals surface area contributed by atoms with E-state index in [0.29, 0.717) is 25.7 Å². The van der Waals surface area contributed by atoms with E-state index in [9.17, 15) is 14.7 Å². The van der Waals surface area contributed by atoms with Crippen LogP contribution in [0.5, 0.6) is 0 Å². The number of carbonyl (C=O) groups excluding carboxylic acids is 2. The molecule has 0 aromatic rings. The third-order valence-electron chi connectivity index (χ3n) is 3.14. The fourth-order valence-corrected chi connectivity index (χ4v) is 2.28. The van der Waals surface area contributed by atoms with Crippen molar-refractivity contribution in [1.82, 2.24) is 4.90 Å². The lowest BCUT2D eigenvalue weighted by Gasteiger charge is -2.27. The summed E-state index contributed by atoms with van der Waals surface area (Å²) in [5.41, 5.74) is -0.796. The fraction of sp³-hybridized carbons (Fsp3) is 0.800. The van der Waals surface area contributed by atoms with Crippen molar-refractivity contribution >= 4 is 11.8 Å². The van der Waals surface area contributed by atoms with Crippen molar-refractivity contribution in [2.45, 2.75) is 44.1 Å². The molecule has 0 radical (unpaired) electrons. The Morgan fingerprint density at radius 1 is 1.14 bits per heavy atom. The highest BCUT2D eigenvalue weighted by atomic mass is 16.3. The second kappa shape index (κ2) is 3.35. The van der Waals surface area contributed by atoms with E-state index in [1.54, 1.807) is 0 Å². The second-order valence-corrected chi connectivity index (χ2v) is 4.31. The molecule has 0 atom stereocenters. The third-order valence-corrected chi connectivity index (χ3v) is 3.14. The highest BCUT2D eigenvalue weighted by Crippen LogP contribution is 2.31. The number of amides is 2. The zero-order chi connectivity index (χ0) is 10.2. The van der Waals surface area contributed by atoms with Gasteiger partial charge in [0.25, 0.3) is 0 Å². The normalized spacial score (nSPS) is 26.2. The molecule has 4 heteroatoms. The minimum Gasteiger partial charge on any atom is -0.388 e. The predicted molar refractivity (Wildman–Crippen MR) is 49.4 cm³/mol. The molecule has 2 amide bonds. The Hall–Kier alpha value is -0.900. The SMILES string of the molecule is O=C1CCC(=O)N1CC1(O)CCCC1. The molecule has 2 rings (SSSR count). The average molecular weight is 197 g/mol. The van der Waals surface area contributed by atoms with E-state index in [2.05, 4.69) is 0 Å². The van der Waals surface area contributed by atoms with Gasteiger partial charge in [-0.05, 0) is 12.8 Å². The number of carbonyl (C=O) groups is 2. The Labute approximate surface area is 82.9 Å². The van der Waals surface area contributed by atoms with E-state index in [1.165, 1.54) is 4.90 Å². The van der Waals surface area contributed by atoms with E-state index < -0.39 is 5.60 Å². The fourth-order valence-electron chi connectivity index (χ4n) is 2.28. The molecule has 14 heavy (non-hydrogen) atoms. The van der Waals surface area contributed by atoms with Gasteiger partial charge < -0.3 is 5.11 Å². The molecule has 0 aromatic heterocycles. The summed E-state index contributed by atoms with van der Waals surface area (Å²) in [7, 11) is 0. The molecule has 0 bridgehead atoms. The number of nitrogens with zero attached hydrogens (tertiary/aromatic N) is 1. The molecule has 1 aliphatic carbocycles. The molecule has 4 nitrogen and oxygen atoms in total. The monoisotopic (exact) mass is 197 g/mol. The Balaban J connectivity index is 2.02. The van der Waals surface area contributed by atoms with E-state index in [1.807, 2.05) is 0 Å². The Morgan fingerprint density at radius 2 is 1.64 bits per heavy atom. The van der Waals surface area contributed by atoms with Crippen molar-refractivity contribution in [2.24, 2.45) is 0 Å². The first-order valence-corrected chi connectivity index (χ1v) is 5.16. The summed E-state index contributed by atoms with van der Waals surface area (Å²) in [6, 6.07) is 0. The van der Waals surface area contributed by atoms with Crippen LogP contribution in [0.25, 0.3) is 0 Å². The van der Waals surface area contributed by atoms with Gasteiger partial charge in [-0.25, -0.2) is 0 Å². The van der Waals surface area contributed by atoms with Crippen molar-refractivity contribution in [2.75, 3.05) is 6.54 Å². The van der Waals surface area contributed by atoms with Crippen LogP contribution in [0.15, 0.2) is 0 Å². The van der Waals surface area contributed by atoms with Crippen LogP contribution in [-0.2, 0) is 9.59 Å². The maximum Gasteiger partial charge on any atom is 0.229 e. The second-order valence-electron chi connectivity index (χ2n) is 4.31. The quantitative estimate of drug-likeness (QED) is 0.653. The van der Waals surface area contributed by atoms with Crippen LogP contribution in [0.2, 0.25) is 0 Å². The Morgan fingerprint density at radius 3 is 2.14 bits per heavy atom. The van der Waals surface area contributed by atoms with Gasteiger partial charge in [0.15, 0.2) is 0 Å². The summed E-state index contributed by atoms with van der Waals surface area (Å²) in [6.45, 7) is 0.213. The summed E-state index contributed by atoms with van der Waals surface area (Å²) < 4.78 is 0. The lowest BCUT2D eigenvalue weighted by atomic mass is 10.0. The van der Waals surface area contributed by atoms with Crippen molar-refractivity contribution in [3.63, 3.8) is 0 Å². The number of hydrogen-bond acceptors (Lipinski definition) is 3. The number of hydrogen-bond donors (Lipinski definition) is 1. The molecule has 2 aliphatic rings. The van der Waals surface area contributed by atoms with Gasteiger partial charge in [-0.3, -0.25) is 14.5 Å². The average Bonchev–Trinajstić information content (AvgIpc) is 2.68. The first kappa shape index (κ1) is 9.65. The number of β-amino-alcohol motifs (C(OH)–C–C–N with tert-alkyl or cyclic N) is 1. The number of likely N-dealkylation sites (tertiary alicyclic amines) is 1. The first-order chi connectivity index (χ1) is 6.61. The van der Waals surface area contributed by atoms with Crippen LogP contribution >= 0.6 is 0 Å². The van der Waals surface area contributed by atoms with Gasteiger partial charge in [-0.2, -0.15) is 0 Å². The summed E-state index contributed by atoms with van der Waals surface area (Å²) in [5.74, 6) is -0.259. The molecule has 1 aliphatic heterocycles. The largest absolute Gasteiger partial charge is 0.388 e. The molecular formula is C10H15NO3. The molecular weight excluding hydrogens is 182 g/mol. The van der Waals surface area contributed by atoms with Gasteiger partial charge in [0.1, 0.15) is 0 Å². The Kier molecular flexibility index (Phi) is 2.31. The summed E-state index contributed by atoms with van der Waals surface area (Å²) in [6.07, 6.45) is 4.04. The number of imide groups is 1. The van der Waals surface area contributed by atoms with Crippen molar-refractivity contribution in [3.8, 4) is 0 Å². The van der Waals surface area contributed by atoms with Crippen LogP contribution in [0.3, 0.4) is 0 Å². The van der Waals surface area contributed by atoms with E-state index in [0.717, 1.165) is 12.8 Å². The van der Waals surface area contributed by atoms with Gasteiger partial charge in [0.2, 0.25) is 11.8 Å². The zero-order valence-electron chi connectivity index (χ0n) is 8.16. The molecule has 1 saturated heterocycles. The molecule has 0 spiro atoms. The number of aliphatic hydroxyl groups is 1. The minimum atomic E-state index is -0.796. The van der Waals surface area contributed by atoms with Crippen molar-refractivity contribution in [1.29, 1.82) is 0 Å². The summed E-state index contributed by atoms with van der Waals surface area (Å²) in [5, 5.41) is 10.0. The third kappa shape index (κ3) is 1.66. The van der Waals surface area contributed by atoms with Crippen LogP contribution in [-0.4, -0.2) is 34.0 Å².